The normalized spacial score (nSPS) is 13.9. The highest BCUT2D eigenvalue weighted by atomic mass is 16.5. The molecule has 4 rings (SSSR count). The average Bonchev–Trinajstić information content (AvgIpc) is 3.41. The van der Waals surface area contributed by atoms with Crippen molar-refractivity contribution >= 4 is 16.9 Å². The van der Waals surface area contributed by atoms with E-state index in [4.69, 9.17) is 4.74 Å². The Hall–Kier alpha value is -2.93. The van der Waals surface area contributed by atoms with E-state index in [9.17, 15) is 9.59 Å². The molecule has 0 saturated heterocycles. The van der Waals surface area contributed by atoms with E-state index < -0.39 is 5.97 Å². The first-order valence-electron chi connectivity index (χ1n) is 9.16. The van der Waals surface area contributed by atoms with E-state index >= 15 is 0 Å². The summed E-state index contributed by atoms with van der Waals surface area (Å²) in [4.78, 5) is 24.9. The third-order valence-electron chi connectivity index (χ3n) is 4.86. The van der Waals surface area contributed by atoms with Crippen molar-refractivity contribution in [1.82, 2.24) is 19.7 Å². The van der Waals surface area contributed by atoms with E-state index in [0.717, 1.165) is 23.7 Å². The standard InChI is InChI=1S/C20H22N4O3/c1-3-27-20(26)15-11-22-24(18(15)12-21-13-8-9-13)17-10-19(25)23(2)16-7-5-4-6-14(16)17/h4-7,10-11,13,21H,3,8-9,12H2,1-2H3. The Morgan fingerprint density at radius 2 is 2.11 bits per heavy atom. The minimum atomic E-state index is -0.399. The molecule has 0 bridgehead atoms. The molecule has 7 nitrogen and oxygen atoms in total. The van der Waals surface area contributed by atoms with Crippen LogP contribution in [0.4, 0.5) is 0 Å². The lowest BCUT2D eigenvalue weighted by atomic mass is 10.1. The second-order valence-electron chi connectivity index (χ2n) is 6.74. The number of carbonyl (C=O) groups is 1. The molecule has 0 radical (unpaired) electrons. The predicted molar refractivity (Wildman–Crippen MR) is 102 cm³/mol. The number of aryl methyl sites for hydroxylation is 1. The maximum Gasteiger partial charge on any atom is 0.341 e. The van der Waals surface area contributed by atoms with Crippen molar-refractivity contribution in [2.45, 2.75) is 32.4 Å². The van der Waals surface area contributed by atoms with Crippen molar-refractivity contribution in [2.75, 3.05) is 6.61 Å². The van der Waals surface area contributed by atoms with E-state index in [1.165, 1.54) is 6.20 Å². The first-order valence-corrected chi connectivity index (χ1v) is 9.16. The molecule has 3 aromatic rings. The van der Waals surface area contributed by atoms with Crippen LogP contribution in [0.5, 0.6) is 0 Å². The van der Waals surface area contributed by atoms with Gasteiger partial charge in [-0.05, 0) is 25.8 Å². The zero-order valence-corrected chi connectivity index (χ0v) is 15.4. The van der Waals surface area contributed by atoms with Crippen LogP contribution in [-0.4, -0.2) is 33.0 Å². The smallest absolute Gasteiger partial charge is 0.341 e. The van der Waals surface area contributed by atoms with Gasteiger partial charge < -0.3 is 14.6 Å². The van der Waals surface area contributed by atoms with E-state index in [0.29, 0.717) is 36.1 Å². The lowest BCUT2D eigenvalue weighted by Gasteiger charge is -2.14. The third-order valence-corrected chi connectivity index (χ3v) is 4.86. The van der Waals surface area contributed by atoms with Crippen LogP contribution in [-0.2, 0) is 18.3 Å². The van der Waals surface area contributed by atoms with Crippen LogP contribution in [0, 0.1) is 0 Å². The monoisotopic (exact) mass is 366 g/mol. The zero-order chi connectivity index (χ0) is 19.0. The molecule has 1 aromatic carbocycles. The van der Waals surface area contributed by atoms with Crippen LogP contribution in [0.2, 0.25) is 0 Å². The fraction of sp³-hybridized carbons (Fsp3) is 0.350. The summed E-state index contributed by atoms with van der Waals surface area (Å²) in [5.41, 5.74) is 2.48. The van der Waals surface area contributed by atoms with Gasteiger partial charge in [0.1, 0.15) is 5.56 Å². The molecule has 1 saturated carbocycles. The Balaban J connectivity index is 1.88. The number of para-hydroxylation sites is 1. The molecule has 2 aromatic heterocycles. The highest BCUT2D eigenvalue weighted by Crippen LogP contribution is 2.24. The molecular weight excluding hydrogens is 344 g/mol. The van der Waals surface area contributed by atoms with Gasteiger partial charge in [0.25, 0.3) is 5.56 Å². The van der Waals surface area contributed by atoms with Crippen LogP contribution >= 0.6 is 0 Å². The molecule has 7 heteroatoms. The Bertz CT molecular complexity index is 1060. The number of nitrogens with zero attached hydrogens (tertiary/aromatic N) is 3. The van der Waals surface area contributed by atoms with Crippen molar-refractivity contribution in [3.8, 4) is 5.69 Å². The molecule has 0 amide bonds. The Kier molecular flexibility index (Phi) is 4.53. The van der Waals surface area contributed by atoms with Gasteiger partial charge in [-0.15, -0.1) is 0 Å². The Morgan fingerprint density at radius 1 is 1.33 bits per heavy atom. The number of nitrogens with one attached hydrogen (secondary N) is 1. The van der Waals surface area contributed by atoms with Crippen LogP contribution in [0.3, 0.4) is 0 Å². The molecule has 1 fully saturated rings. The van der Waals surface area contributed by atoms with Crippen LogP contribution in [0.1, 0.15) is 35.8 Å². The maximum atomic E-state index is 12.5. The number of rotatable bonds is 6. The molecule has 1 N–H and O–H groups in total. The van der Waals surface area contributed by atoms with Gasteiger partial charge in [-0.1, -0.05) is 18.2 Å². The highest BCUT2D eigenvalue weighted by Gasteiger charge is 2.25. The van der Waals surface area contributed by atoms with Crippen molar-refractivity contribution in [3.63, 3.8) is 0 Å². The number of fused-ring (bicyclic) bond motifs is 1. The number of hydrogen-bond acceptors (Lipinski definition) is 5. The maximum absolute atomic E-state index is 12.5. The molecule has 2 heterocycles. The summed E-state index contributed by atoms with van der Waals surface area (Å²) in [5, 5.41) is 8.76. The molecule has 140 valence electrons. The molecule has 0 atom stereocenters. The second kappa shape index (κ2) is 7.00. The van der Waals surface area contributed by atoms with E-state index in [2.05, 4.69) is 10.4 Å². The molecule has 1 aliphatic rings. The lowest BCUT2D eigenvalue weighted by molar-refractivity contribution is 0.0525. The zero-order valence-electron chi connectivity index (χ0n) is 15.4. The molecule has 0 unspecified atom stereocenters. The van der Waals surface area contributed by atoms with Crippen LogP contribution in [0.25, 0.3) is 16.6 Å². The Labute approximate surface area is 156 Å². The van der Waals surface area contributed by atoms with Gasteiger partial charge in [-0.2, -0.15) is 5.10 Å². The van der Waals surface area contributed by atoms with Gasteiger partial charge in [-0.25, -0.2) is 9.48 Å². The van der Waals surface area contributed by atoms with Gasteiger partial charge >= 0.3 is 5.97 Å². The van der Waals surface area contributed by atoms with Crippen molar-refractivity contribution < 1.29 is 9.53 Å². The lowest BCUT2D eigenvalue weighted by Crippen LogP contribution is -2.22. The van der Waals surface area contributed by atoms with Crippen LogP contribution in [0.15, 0.2) is 41.3 Å². The van der Waals surface area contributed by atoms with E-state index in [1.807, 2.05) is 24.3 Å². The number of carbonyl (C=O) groups excluding carboxylic acids is 1. The first-order chi connectivity index (χ1) is 13.1. The van der Waals surface area contributed by atoms with Crippen molar-refractivity contribution in [1.29, 1.82) is 0 Å². The van der Waals surface area contributed by atoms with E-state index in [1.54, 1.807) is 29.3 Å². The van der Waals surface area contributed by atoms with Gasteiger partial charge in [0.05, 0.1) is 29.7 Å². The largest absolute Gasteiger partial charge is 0.462 e. The van der Waals surface area contributed by atoms with Gasteiger partial charge in [0, 0.05) is 31.1 Å². The molecule has 1 aliphatic carbocycles. The average molecular weight is 366 g/mol. The SMILES string of the molecule is CCOC(=O)c1cnn(-c2cc(=O)n(C)c3ccccc23)c1CNC1CC1. The van der Waals surface area contributed by atoms with Gasteiger partial charge in [0.15, 0.2) is 0 Å². The van der Waals surface area contributed by atoms with Crippen molar-refractivity contribution in [2.24, 2.45) is 7.05 Å². The first kappa shape index (κ1) is 17.5. The fourth-order valence-corrected chi connectivity index (χ4v) is 3.23. The Morgan fingerprint density at radius 3 is 2.85 bits per heavy atom. The summed E-state index contributed by atoms with van der Waals surface area (Å²) in [6.45, 7) is 2.57. The second-order valence-corrected chi connectivity index (χ2v) is 6.74. The number of aromatic nitrogens is 3. The summed E-state index contributed by atoms with van der Waals surface area (Å²) in [7, 11) is 1.75. The summed E-state index contributed by atoms with van der Waals surface area (Å²) in [6, 6.07) is 9.71. The summed E-state index contributed by atoms with van der Waals surface area (Å²) >= 11 is 0. The van der Waals surface area contributed by atoms with Crippen LogP contribution < -0.4 is 10.9 Å². The highest BCUT2D eigenvalue weighted by molar-refractivity contribution is 5.92. The third kappa shape index (κ3) is 3.26. The number of benzene rings is 1. The topological polar surface area (TPSA) is 78.2 Å². The molecule has 27 heavy (non-hydrogen) atoms. The molecule has 0 spiro atoms. The molecular formula is C20H22N4O3. The summed E-state index contributed by atoms with van der Waals surface area (Å²) < 4.78 is 8.48. The minimum absolute atomic E-state index is 0.127. The van der Waals surface area contributed by atoms with Crippen molar-refractivity contribution in [3.05, 3.63) is 58.1 Å². The number of esters is 1. The van der Waals surface area contributed by atoms with Gasteiger partial charge in [0.2, 0.25) is 0 Å². The number of hydrogen-bond donors (Lipinski definition) is 1. The number of ether oxygens (including phenoxy) is 1. The van der Waals surface area contributed by atoms with E-state index in [-0.39, 0.29) is 5.56 Å². The van der Waals surface area contributed by atoms with Gasteiger partial charge in [-0.3, -0.25) is 4.79 Å². The summed E-state index contributed by atoms with van der Waals surface area (Å²) in [5.74, 6) is -0.399. The minimum Gasteiger partial charge on any atom is -0.462 e. The quantitative estimate of drug-likeness (QED) is 0.677. The fourth-order valence-electron chi connectivity index (χ4n) is 3.23. The molecule has 0 aliphatic heterocycles. The summed E-state index contributed by atoms with van der Waals surface area (Å²) in [6.07, 6.45) is 3.80. The number of pyridine rings is 1. The predicted octanol–water partition coefficient (Wildman–Crippen LogP) is 2.15.